The molecule has 26 heteroatoms. The first-order chi connectivity index (χ1) is 25.4. The van der Waals surface area contributed by atoms with E-state index in [9.17, 15) is 31.7 Å². The average Bonchev–Trinajstić information content (AvgIpc) is 3.86. The van der Waals surface area contributed by atoms with Crippen molar-refractivity contribution in [2.45, 2.75) is 0 Å². The summed E-state index contributed by atoms with van der Waals surface area (Å²) in [5.41, 5.74) is 7.25. The molecule has 4 aromatic carbocycles. The number of aromatic amines is 2. The Morgan fingerprint density at radius 3 is 1.69 bits per heavy atom. The molecule has 1 amide bonds. The molecule has 0 radical (unpaired) electrons. The van der Waals surface area contributed by atoms with Gasteiger partial charge in [-0.1, -0.05) is 45.9 Å². The van der Waals surface area contributed by atoms with Crippen molar-refractivity contribution in [2.24, 2.45) is 0 Å². The smallest absolute Gasteiger partial charge is 0.339 e. The number of rotatable bonds is 3. The average molecular weight is 903 g/mol. The van der Waals surface area contributed by atoms with Crippen molar-refractivity contribution < 1.29 is 36.8 Å². The van der Waals surface area contributed by atoms with Crippen molar-refractivity contribution >= 4 is 149 Å². The van der Waals surface area contributed by atoms with Crippen LogP contribution in [0.1, 0.15) is 20.7 Å². The Morgan fingerprint density at radius 1 is 0.704 bits per heavy atom. The van der Waals surface area contributed by atoms with Gasteiger partial charge in [0, 0.05) is 22.2 Å². The Morgan fingerprint density at radius 2 is 1.17 bits per heavy atom. The topological polar surface area (TPSA) is 218 Å². The first kappa shape index (κ1) is 40.8. The number of halogens is 9. The number of thiazole rings is 2. The number of anilines is 2. The Bertz CT molecular complexity index is 2740. The molecule has 0 aliphatic carbocycles. The lowest BCUT2D eigenvalue weighted by Gasteiger charge is -2.02. The second-order valence-corrected chi connectivity index (χ2v) is 19.6. The number of carboxylic acid groups (broad SMARTS) is 1. The number of carboxylic acids is 1. The summed E-state index contributed by atoms with van der Waals surface area (Å²) in [6.45, 7) is 0. The molecule has 14 nitrogen and oxygen atoms in total. The highest BCUT2D eigenvalue weighted by molar-refractivity contribution is 8.24. The number of carbonyl (C=O) groups excluding carboxylic acids is 1. The molecule has 6 N–H and O–H groups in total. The molecular weight excluding hydrogens is 889 g/mol. The molecule has 0 unspecified atom stereocenters. The number of carbonyl (C=O) groups is 2. The molecule has 8 aromatic rings. The van der Waals surface area contributed by atoms with Crippen molar-refractivity contribution in [3.8, 4) is 0 Å². The highest BCUT2D eigenvalue weighted by atomic mass is 36.0. The predicted molar refractivity (Wildman–Crippen MR) is 201 cm³/mol. The van der Waals surface area contributed by atoms with Gasteiger partial charge in [-0.2, -0.15) is 30.8 Å². The summed E-state index contributed by atoms with van der Waals surface area (Å²) in [4.78, 5) is 30.9. The zero-order valence-corrected chi connectivity index (χ0v) is 32.0. The minimum absolute atomic E-state index is 0.00521. The lowest BCUT2D eigenvalue weighted by Crippen LogP contribution is -2.12. The van der Waals surface area contributed by atoms with Crippen LogP contribution in [0.15, 0.2) is 48.5 Å². The quantitative estimate of drug-likeness (QED) is 0.0830. The lowest BCUT2D eigenvalue weighted by molar-refractivity contribution is 0.0698. The first-order valence-corrected chi connectivity index (χ1v) is 20.7. The molecule has 0 aliphatic heterocycles. The highest BCUT2D eigenvalue weighted by Gasteiger charge is 2.18. The summed E-state index contributed by atoms with van der Waals surface area (Å²) in [5.74, 6) is -4.37. The van der Waals surface area contributed by atoms with Crippen molar-refractivity contribution in [1.82, 2.24) is 40.8 Å². The van der Waals surface area contributed by atoms with E-state index >= 15 is 0 Å². The van der Waals surface area contributed by atoms with Gasteiger partial charge < -0.3 is 10.8 Å². The maximum Gasteiger partial charge on any atom is 0.339 e. The predicted octanol–water partition coefficient (Wildman–Crippen LogP) is 10.0. The highest BCUT2D eigenvalue weighted by Crippen LogP contribution is 2.61. The zero-order chi connectivity index (χ0) is 39.5. The Kier molecular flexibility index (Phi) is 12.8. The van der Waals surface area contributed by atoms with Gasteiger partial charge in [0.1, 0.15) is 44.7 Å². The standard InChI is InChI=1S/C14H6ClF2N5OS.C7H4ClN3O2.C7H4F2N2S.Cl3OP/c15-5-1-7(11-9(2-5)20-22-21-11)13(23)19-14-18-12-8(17)3-6(16)4-10(12)24-14;8-3-1-4(7(12)13)6-5(2-3)9-11-10-6;8-3-1-4(9)6-5(2-3)12-7(10)11-6;1-5(2,3)4/h1-4H,(H,18,19,23)(H,20,21,22);1-2H,(H,12,13)(H,9,10,11);1-2H,(H2,10,11);. The number of hydrogen-bond donors (Lipinski definition) is 5. The summed E-state index contributed by atoms with van der Waals surface area (Å²) >= 11 is 27.5. The molecule has 0 spiro atoms. The number of aromatic carboxylic acids is 1. The van der Waals surface area contributed by atoms with E-state index in [4.69, 9.17) is 34.0 Å². The SMILES string of the molecule is Nc1nc2c(F)cc(F)cc2s1.O=C(Nc1nc2c(F)cc(F)cc2s1)c1cc(Cl)cc2n[nH]nc12.O=C(O)c1cc(Cl)cc2n[nH]nc12.O=P(Cl)(Cl)Cl. The summed E-state index contributed by atoms with van der Waals surface area (Å²) in [6, 6.07) is 9.79. The van der Waals surface area contributed by atoms with Gasteiger partial charge in [0.2, 0.25) is 0 Å². The van der Waals surface area contributed by atoms with E-state index in [1.165, 1.54) is 18.2 Å². The van der Waals surface area contributed by atoms with Crippen LogP contribution in [0.2, 0.25) is 10.0 Å². The van der Waals surface area contributed by atoms with Crippen LogP contribution in [0.5, 0.6) is 0 Å². The van der Waals surface area contributed by atoms with E-state index in [0.717, 1.165) is 40.9 Å². The van der Waals surface area contributed by atoms with E-state index in [1.807, 2.05) is 0 Å². The van der Waals surface area contributed by atoms with E-state index in [1.54, 1.807) is 12.1 Å². The van der Waals surface area contributed by atoms with Crippen molar-refractivity contribution in [3.63, 3.8) is 0 Å². The minimum Gasteiger partial charge on any atom is -0.478 e. The van der Waals surface area contributed by atoms with Crippen LogP contribution < -0.4 is 11.1 Å². The van der Waals surface area contributed by atoms with Gasteiger partial charge in [-0.25, -0.2) is 32.3 Å². The third-order valence-electron chi connectivity index (χ3n) is 6.31. The van der Waals surface area contributed by atoms with Crippen LogP contribution in [0.4, 0.5) is 27.8 Å². The molecule has 280 valence electrons. The number of benzene rings is 4. The second kappa shape index (κ2) is 17.0. The fourth-order valence-electron chi connectivity index (χ4n) is 4.32. The van der Waals surface area contributed by atoms with Crippen molar-refractivity contribution in [3.05, 3.63) is 93.0 Å². The number of nitrogens with two attached hydrogens (primary N) is 1. The number of nitrogens with zero attached hydrogens (tertiary/aromatic N) is 6. The van der Waals surface area contributed by atoms with Crippen molar-refractivity contribution in [2.75, 3.05) is 11.1 Å². The number of hydrogen-bond acceptors (Lipinski definition) is 12. The molecule has 4 aromatic heterocycles. The molecule has 0 bridgehead atoms. The van der Waals surface area contributed by atoms with Crippen LogP contribution in [-0.4, -0.2) is 57.8 Å². The fraction of sp³-hybridized carbons (Fsp3) is 0. The normalized spacial score (nSPS) is 11.1. The van der Waals surface area contributed by atoms with Crippen LogP contribution in [0.3, 0.4) is 0 Å². The molecular formula is C28H14Cl5F4N10O4PS2. The maximum atomic E-state index is 13.7. The second-order valence-electron chi connectivity index (χ2n) is 9.99. The minimum atomic E-state index is -3.22. The Hall–Kier alpha value is -4.40. The third-order valence-corrected chi connectivity index (χ3v) is 8.50. The summed E-state index contributed by atoms with van der Waals surface area (Å²) in [7, 11) is 0. The molecule has 54 heavy (non-hydrogen) atoms. The number of H-pyrrole nitrogens is 2. The molecule has 0 aliphatic rings. The van der Waals surface area contributed by atoms with Gasteiger partial charge >= 0.3 is 11.2 Å². The Balaban J connectivity index is 0.000000158. The van der Waals surface area contributed by atoms with Gasteiger partial charge in [-0.3, -0.25) is 14.7 Å². The summed E-state index contributed by atoms with van der Waals surface area (Å²) < 4.78 is 62.7. The number of fused-ring (bicyclic) bond motifs is 4. The van der Waals surface area contributed by atoms with Gasteiger partial charge in [0.25, 0.3) is 5.91 Å². The van der Waals surface area contributed by atoms with E-state index in [0.29, 0.717) is 41.5 Å². The fourth-order valence-corrected chi connectivity index (χ4v) is 6.42. The molecule has 8 rings (SSSR count). The monoisotopic (exact) mass is 900 g/mol. The molecule has 0 fully saturated rings. The molecule has 0 saturated heterocycles. The van der Waals surface area contributed by atoms with Gasteiger partial charge in [0.05, 0.1) is 20.5 Å². The summed E-state index contributed by atoms with van der Waals surface area (Å²) in [5, 5.41) is 29.1. The molecule has 4 heterocycles. The maximum absolute atomic E-state index is 13.7. The van der Waals surface area contributed by atoms with Gasteiger partial charge in [-0.15, -0.1) is 0 Å². The third kappa shape index (κ3) is 10.4. The van der Waals surface area contributed by atoms with Gasteiger partial charge in [-0.05, 0) is 70.1 Å². The van der Waals surface area contributed by atoms with Crippen LogP contribution in [-0.2, 0) is 4.57 Å². The molecule has 0 saturated carbocycles. The summed E-state index contributed by atoms with van der Waals surface area (Å²) in [6.07, 6.45) is 0. The van der Waals surface area contributed by atoms with Crippen LogP contribution in [0, 0.1) is 23.3 Å². The lowest BCUT2D eigenvalue weighted by atomic mass is 10.1. The van der Waals surface area contributed by atoms with E-state index in [2.05, 4.69) is 79.8 Å². The van der Waals surface area contributed by atoms with Crippen LogP contribution in [0.25, 0.3) is 42.5 Å². The zero-order valence-electron chi connectivity index (χ0n) is 25.7. The van der Waals surface area contributed by atoms with Gasteiger partial charge in [0.15, 0.2) is 21.9 Å². The number of aromatic nitrogens is 8. The Labute approximate surface area is 329 Å². The number of amides is 1. The number of nitrogen functional groups attached to an aromatic ring is 1. The first-order valence-electron chi connectivity index (χ1n) is 13.9. The van der Waals surface area contributed by atoms with Crippen LogP contribution >= 0.6 is 84.8 Å². The molecule has 0 atom stereocenters. The van der Waals surface area contributed by atoms with Crippen molar-refractivity contribution in [1.29, 1.82) is 0 Å². The largest absolute Gasteiger partial charge is 0.478 e. The van der Waals surface area contributed by atoms with E-state index < -0.39 is 40.3 Å². The van der Waals surface area contributed by atoms with E-state index in [-0.39, 0.29) is 32.4 Å². The number of nitrogens with one attached hydrogen (secondary N) is 3.